The number of rotatable bonds is 3. The van der Waals surface area contributed by atoms with Gasteiger partial charge in [0.05, 0.1) is 5.92 Å². The van der Waals surface area contributed by atoms with E-state index in [1.807, 2.05) is 16.8 Å². The molecule has 0 spiro atoms. The fourth-order valence-corrected chi connectivity index (χ4v) is 3.90. The van der Waals surface area contributed by atoms with Gasteiger partial charge < -0.3 is 9.80 Å². The molecular weight excluding hydrogens is 264 g/mol. The molecule has 4 nitrogen and oxygen atoms in total. The van der Waals surface area contributed by atoms with Gasteiger partial charge in [-0.05, 0) is 38.5 Å². The molecule has 0 aromatic carbocycles. The predicted molar refractivity (Wildman–Crippen MR) is 81.7 cm³/mol. The second-order valence-corrected chi connectivity index (χ2v) is 7.14. The molecule has 3 aliphatic rings. The SMILES string of the molecule is CN(C(=O)C1CCCN(C(=O)C2CC2)C1)C1CCCCC1. The Morgan fingerprint density at radius 2 is 1.62 bits per heavy atom. The summed E-state index contributed by atoms with van der Waals surface area (Å²) in [5, 5.41) is 0. The van der Waals surface area contributed by atoms with Crippen LogP contribution >= 0.6 is 0 Å². The van der Waals surface area contributed by atoms with E-state index in [9.17, 15) is 9.59 Å². The van der Waals surface area contributed by atoms with Crippen LogP contribution in [0.5, 0.6) is 0 Å². The van der Waals surface area contributed by atoms with Crippen molar-refractivity contribution in [2.75, 3.05) is 20.1 Å². The van der Waals surface area contributed by atoms with Crippen LogP contribution in [0.2, 0.25) is 0 Å². The van der Waals surface area contributed by atoms with E-state index in [-0.39, 0.29) is 17.7 Å². The standard InChI is InChI=1S/C17H28N2O2/c1-18(15-7-3-2-4-8-15)16(20)14-6-5-11-19(12-14)17(21)13-9-10-13/h13-15H,2-12H2,1H3. The normalized spacial score (nSPS) is 27.5. The minimum Gasteiger partial charge on any atom is -0.342 e. The van der Waals surface area contributed by atoms with Crippen molar-refractivity contribution in [2.24, 2.45) is 11.8 Å². The summed E-state index contributed by atoms with van der Waals surface area (Å²) in [4.78, 5) is 28.9. The van der Waals surface area contributed by atoms with Crippen LogP contribution in [-0.2, 0) is 9.59 Å². The molecule has 21 heavy (non-hydrogen) atoms. The summed E-state index contributed by atoms with van der Waals surface area (Å²) < 4.78 is 0. The number of amides is 2. The lowest BCUT2D eigenvalue weighted by Gasteiger charge is -2.37. The summed E-state index contributed by atoms with van der Waals surface area (Å²) in [5.41, 5.74) is 0. The molecule has 3 fully saturated rings. The number of hydrogen-bond donors (Lipinski definition) is 0. The van der Waals surface area contributed by atoms with E-state index in [0.29, 0.717) is 18.5 Å². The quantitative estimate of drug-likeness (QED) is 0.801. The van der Waals surface area contributed by atoms with Crippen LogP contribution in [0, 0.1) is 11.8 Å². The summed E-state index contributed by atoms with van der Waals surface area (Å²) in [6.07, 6.45) is 10.1. The molecule has 2 amide bonds. The maximum absolute atomic E-state index is 12.7. The van der Waals surface area contributed by atoms with Crippen molar-refractivity contribution in [3.8, 4) is 0 Å². The van der Waals surface area contributed by atoms with Gasteiger partial charge in [-0.25, -0.2) is 0 Å². The maximum atomic E-state index is 12.7. The van der Waals surface area contributed by atoms with E-state index in [1.165, 1.54) is 19.3 Å². The van der Waals surface area contributed by atoms with Crippen molar-refractivity contribution in [1.29, 1.82) is 0 Å². The smallest absolute Gasteiger partial charge is 0.227 e. The van der Waals surface area contributed by atoms with E-state index >= 15 is 0 Å². The first kappa shape index (κ1) is 14.9. The molecule has 1 aliphatic heterocycles. The molecule has 3 rings (SSSR count). The van der Waals surface area contributed by atoms with Gasteiger partial charge in [0.25, 0.3) is 0 Å². The molecule has 2 aliphatic carbocycles. The van der Waals surface area contributed by atoms with Gasteiger partial charge in [-0.3, -0.25) is 9.59 Å². The summed E-state index contributed by atoms with van der Waals surface area (Å²) >= 11 is 0. The highest BCUT2D eigenvalue weighted by Gasteiger charge is 2.37. The van der Waals surface area contributed by atoms with Crippen LogP contribution in [0.4, 0.5) is 0 Å². The van der Waals surface area contributed by atoms with Crippen LogP contribution in [-0.4, -0.2) is 47.8 Å². The molecule has 0 bridgehead atoms. The van der Waals surface area contributed by atoms with Crippen LogP contribution in [0.1, 0.15) is 57.8 Å². The minimum atomic E-state index is 0.0355. The van der Waals surface area contributed by atoms with E-state index in [4.69, 9.17) is 0 Å². The third-order valence-corrected chi connectivity index (χ3v) is 5.48. The Bertz CT molecular complexity index is 400. The van der Waals surface area contributed by atoms with E-state index < -0.39 is 0 Å². The van der Waals surface area contributed by atoms with Crippen molar-refractivity contribution in [2.45, 2.75) is 63.8 Å². The molecule has 4 heteroatoms. The number of nitrogens with zero attached hydrogens (tertiary/aromatic N) is 2. The van der Waals surface area contributed by atoms with Gasteiger partial charge in [0.1, 0.15) is 0 Å². The van der Waals surface area contributed by atoms with Crippen molar-refractivity contribution in [3.05, 3.63) is 0 Å². The maximum Gasteiger partial charge on any atom is 0.227 e. The minimum absolute atomic E-state index is 0.0355. The lowest BCUT2D eigenvalue weighted by atomic mass is 9.91. The van der Waals surface area contributed by atoms with Gasteiger partial charge in [0.15, 0.2) is 0 Å². The Hall–Kier alpha value is -1.06. The highest BCUT2D eigenvalue weighted by atomic mass is 16.2. The summed E-state index contributed by atoms with van der Waals surface area (Å²) in [6.45, 7) is 1.51. The monoisotopic (exact) mass is 292 g/mol. The average molecular weight is 292 g/mol. The number of hydrogen-bond acceptors (Lipinski definition) is 2. The molecule has 1 atom stereocenters. The van der Waals surface area contributed by atoms with E-state index in [2.05, 4.69) is 0 Å². The highest BCUT2D eigenvalue weighted by molar-refractivity contribution is 5.83. The lowest BCUT2D eigenvalue weighted by Crippen LogP contribution is -2.48. The van der Waals surface area contributed by atoms with Crippen LogP contribution in [0.25, 0.3) is 0 Å². The molecule has 0 aromatic heterocycles. The Labute approximate surface area is 127 Å². The number of likely N-dealkylation sites (tertiary alicyclic amines) is 1. The lowest BCUT2D eigenvalue weighted by molar-refractivity contribution is -0.142. The third-order valence-electron chi connectivity index (χ3n) is 5.48. The predicted octanol–water partition coefficient (Wildman–Crippen LogP) is 2.43. The zero-order valence-electron chi connectivity index (χ0n) is 13.2. The topological polar surface area (TPSA) is 40.6 Å². The molecule has 0 radical (unpaired) electrons. The van der Waals surface area contributed by atoms with Gasteiger partial charge in [-0.1, -0.05) is 19.3 Å². The molecule has 1 heterocycles. The van der Waals surface area contributed by atoms with Crippen molar-refractivity contribution >= 4 is 11.8 Å². The van der Waals surface area contributed by atoms with Gasteiger partial charge in [0.2, 0.25) is 11.8 Å². The Balaban J connectivity index is 1.56. The first-order valence-corrected chi connectivity index (χ1v) is 8.72. The van der Waals surface area contributed by atoms with E-state index in [1.54, 1.807) is 0 Å². The number of carbonyl (C=O) groups is 2. The fraction of sp³-hybridized carbons (Fsp3) is 0.882. The summed E-state index contributed by atoms with van der Waals surface area (Å²) in [5.74, 6) is 0.881. The zero-order valence-corrected chi connectivity index (χ0v) is 13.2. The molecule has 2 saturated carbocycles. The molecule has 0 aromatic rings. The van der Waals surface area contributed by atoms with Crippen molar-refractivity contribution in [3.63, 3.8) is 0 Å². The Kier molecular flexibility index (Phi) is 4.51. The summed E-state index contributed by atoms with van der Waals surface area (Å²) in [7, 11) is 1.97. The van der Waals surface area contributed by atoms with Gasteiger partial charge in [-0.2, -0.15) is 0 Å². The molecule has 118 valence electrons. The van der Waals surface area contributed by atoms with Crippen LogP contribution in [0.15, 0.2) is 0 Å². The highest BCUT2D eigenvalue weighted by Crippen LogP contribution is 2.33. The molecule has 1 saturated heterocycles. The Morgan fingerprint density at radius 3 is 2.29 bits per heavy atom. The second-order valence-electron chi connectivity index (χ2n) is 7.14. The van der Waals surface area contributed by atoms with Gasteiger partial charge in [-0.15, -0.1) is 0 Å². The van der Waals surface area contributed by atoms with Crippen LogP contribution < -0.4 is 0 Å². The Morgan fingerprint density at radius 1 is 0.905 bits per heavy atom. The van der Waals surface area contributed by atoms with Crippen LogP contribution in [0.3, 0.4) is 0 Å². The van der Waals surface area contributed by atoms with E-state index in [0.717, 1.165) is 45.1 Å². The first-order chi connectivity index (χ1) is 10.2. The van der Waals surface area contributed by atoms with Crippen molar-refractivity contribution < 1.29 is 9.59 Å². The zero-order chi connectivity index (χ0) is 14.8. The molecule has 1 unspecified atom stereocenters. The first-order valence-electron chi connectivity index (χ1n) is 8.72. The molecule has 0 N–H and O–H groups in total. The average Bonchev–Trinajstić information content (AvgIpc) is 3.38. The fourth-order valence-electron chi connectivity index (χ4n) is 3.90. The second kappa shape index (κ2) is 6.37. The summed E-state index contributed by atoms with van der Waals surface area (Å²) in [6, 6.07) is 0.431. The number of carbonyl (C=O) groups excluding carboxylic acids is 2. The largest absolute Gasteiger partial charge is 0.342 e. The molecular formula is C17H28N2O2. The van der Waals surface area contributed by atoms with Crippen molar-refractivity contribution in [1.82, 2.24) is 9.80 Å². The third kappa shape index (κ3) is 3.41. The number of piperidine rings is 1. The van der Waals surface area contributed by atoms with Gasteiger partial charge >= 0.3 is 0 Å². The van der Waals surface area contributed by atoms with Gasteiger partial charge in [0, 0.05) is 32.1 Å².